The summed E-state index contributed by atoms with van der Waals surface area (Å²) in [6.45, 7) is 0. The molecule has 0 unspecified atom stereocenters. The summed E-state index contributed by atoms with van der Waals surface area (Å²) in [5.41, 5.74) is 2.59. The van der Waals surface area contributed by atoms with Crippen LogP contribution in [-0.4, -0.2) is 31.8 Å². The third-order valence-electron chi connectivity index (χ3n) is 3.90. The highest BCUT2D eigenvalue weighted by atomic mass is 35.5. The predicted molar refractivity (Wildman–Crippen MR) is 109 cm³/mol. The molecule has 2 aromatic carbocycles. The second kappa shape index (κ2) is 8.45. The number of amides is 1. The first-order valence-electron chi connectivity index (χ1n) is 8.60. The van der Waals surface area contributed by atoms with E-state index < -0.39 is 0 Å². The number of nitrogens with one attached hydrogen (secondary N) is 2. The lowest BCUT2D eigenvalue weighted by atomic mass is 10.3. The zero-order chi connectivity index (χ0) is 19.3. The minimum absolute atomic E-state index is 0.164. The summed E-state index contributed by atoms with van der Waals surface area (Å²) in [6.07, 6.45) is 1.23. The number of thioether (sulfide) groups is 1. The average molecular weight is 414 g/mol. The van der Waals surface area contributed by atoms with Crippen LogP contribution >= 0.6 is 23.4 Å². The van der Waals surface area contributed by atoms with E-state index in [0.29, 0.717) is 34.7 Å². The van der Waals surface area contributed by atoms with Crippen LogP contribution in [0.5, 0.6) is 0 Å². The highest BCUT2D eigenvalue weighted by Gasteiger charge is 2.11. The monoisotopic (exact) mass is 413 g/mol. The minimum atomic E-state index is -0.172. The Morgan fingerprint density at radius 1 is 1.14 bits per heavy atom. The van der Waals surface area contributed by atoms with Gasteiger partial charge >= 0.3 is 0 Å². The van der Waals surface area contributed by atoms with Crippen molar-refractivity contribution in [2.75, 3.05) is 11.1 Å². The van der Waals surface area contributed by atoms with Crippen LogP contribution in [0.25, 0.3) is 11.0 Å². The lowest BCUT2D eigenvalue weighted by Gasteiger charge is -2.03. The second-order valence-electron chi connectivity index (χ2n) is 6.01. The number of nitrogens with zero attached hydrogens (tertiary/aromatic N) is 3. The van der Waals surface area contributed by atoms with E-state index in [1.807, 2.05) is 24.3 Å². The number of H-pyrrole nitrogens is 1. The molecule has 0 aliphatic heterocycles. The Bertz CT molecular complexity index is 1080. The maximum atomic E-state index is 12.0. The number of benzene rings is 2. The maximum Gasteiger partial charge on any atom is 0.277 e. The van der Waals surface area contributed by atoms with Gasteiger partial charge in [0, 0.05) is 23.6 Å². The fraction of sp³-hybridized carbons (Fsp3) is 0.158. The Hall–Kier alpha value is -2.84. The molecule has 9 heteroatoms. The lowest BCUT2D eigenvalue weighted by Crippen LogP contribution is -2.13. The molecule has 0 radical (unpaired) electrons. The molecule has 2 heterocycles. The van der Waals surface area contributed by atoms with Crippen molar-refractivity contribution < 1.29 is 9.21 Å². The van der Waals surface area contributed by atoms with Crippen LogP contribution in [-0.2, 0) is 17.6 Å². The number of rotatable bonds is 7. The molecule has 2 aromatic heterocycles. The van der Waals surface area contributed by atoms with Gasteiger partial charge in [-0.2, -0.15) is 0 Å². The van der Waals surface area contributed by atoms with E-state index in [2.05, 4.69) is 25.5 Å². The number of hydrogen-bond acceptors (Lipinski definition) is 6. The molecule has 4 rings (SSSR count). The zero-order valence-corrected chi connectivity index (χ0v) is 16.3. The third kappa shape index (κ3) is 4.71. The van der Waals surface area contributed by atoms with Crippen molar-refractivity contribution in [2.24, 2.45) is 0 Å². The molecule has 2 N–H and O–H groups in total. The fourth-order valence-electron chi connectivity index (χ4n) is 2.64. The quantitative estimate of drug-likeness (QED) is 0.442. The predicted octanol–water partition coefficient (Wildman–Crippen LogP) is 4.12. The largest absolute Gasteiger partial charge is 0.416 e. The number of carbonyl (C=O) groups excluding carboxylic acids is 1. The summed E-state index contributed by atoms with van der Waals surface area (Å²) in [7, 11) is 0. The van der Waals surface area contributed by atoms with Crippen molar-refractivity contribution in [2.45, 2.75) is 18.1 Å². The van der Waals surface area contributed by atoms with E-state index in [1.165, 1.54) is 11.8 Å². The summed E-state index contributed by atoms with van der Waals surface area (Å²) >= 11 is 7.09. The number of halogens is 1. The van der Waals surface area contributed by atoms with Crippen molar-refractivity contribution in [1.29, 1.82) is 0 Å². The Balaban J connectivity index is 1.27. The summed E-state index contributed by atoms with van der Waals surface area (Å²) in [5.74, 6) is 1.37. The van der Waals surface area contributed by atoms with Crippen molar-refractivity contribution >= 4 is 46.0 Å². The standard InChI is InChI=1S/C19H16ClN5O2S/c20-12-4-3-5-13(10-12)21-17(26)11-28-19-25-24-18(27-19)9-8-16-22-14-6-1-2-7-15(14)23-16/h1-7,10H,8-9,11H2,(H,21,26)(H,22,23). The van der Waals surface area contributed by atoms with E-state index in [1.54, 1.807) is 24.3 Å². The third-order valence-corrected chi connectivity index (χ3v) is 4.95. The SMILES string of the molecule is O=C(CSc1nnc(CCc2nc3ccccc3[nH]2)o1)Nc1cccc(Cl)c1. The average Bonchev–Trinajstić information content (AvgIpc) is 3.31. The number of aryl methyl sites for hydroxylation is 2. The first-order valence-corrected chi connectivity index (χ1v) is 9.96. The zero-order valence-electron chi connectivity index (χ0n) is 14.7. The van der Waals surface area contributed by atoms with E-state index in [0.717, 1.165) is 16.9 Å². The summed E-state index contributed by atoms with van der Waals surface area (Å²) in [6, 6.07) is 14.9. The first kappa shape index (κ1) is 18.5. The van der Waals surface area contributed by atoms with Crippen LogP contribution in [0.15, 0.2) is 58.2 Å². The molecule has 0 bridgehead atoms. The number of carbonyl (C=O) groups is 1. The van der Waals surface area contributed by atoms with Gasteiger partial charge in [0.1, 0.15) is 5.82 Å². The molecule has 7 nitrogen and oxygen atoms in total. The molecular formula is C19H16ClN5O2S. The van der Waals surface area contributed by atoms with E-state index in [-0.39, 0.29) is 11.7 Å². The van der Waals surface area contributed by atoms with E-state index >= 15 is 0 Å². The van der Waals surface area contributed by atoms with Gasteiger partial charge in [0.15, 0.2) is 0 Å². The van der Waals surface area contributed by atoms with Gasteiger partial charge in [-0.25, -0.2) is 4.98 Å². The normalized spacial score (nSPS) is 11.0. The molecule has 0 saturated heterocycles. The highest BCUT2D eigenvalue weighted by Crippen LogP contribution is 2.19. The van der Waals surface area contributed by atoms with Crippen molar-refractivity contribution in [3.05, 3.63) is 65.3 Å². The maximum absolute atomic E-state index is 12.0. The smallest absolute Gasteiger partial charge is 0.277 e. The Kier molecular flexibility index (Phi) is 5.59. The van der Waals surface area contributed by atoms with Gasteiger partial charge in [-0.15, -0.1) is 10.2 Å². The fourth-order valence-corrected chi connectivity index (χ4v) is 3.41. The van der Waals surface area contributed by atoms with Crippen molar-refractivity contribution in [3.63, 3.8) is 0 Å². The molecular weight excluding hydrogens is 398 g/mol. The van der Waals surface area contributed by atoms with E-state index in [9.17, 15) is 4.79 Å². The Morgan fingerprint density at radius 3 is 2.89 bits per heavy atom. The van der Waals surface area contributed by atoms with Crippen LogP contribution in [0.1, 0.15) is 11.7 Å². The number of imidazole rings is 1. The number of fused-ring (bicyclic) bond motifs is 1. The molecule has 142 valence electrons. The molecule has 1 amide bonds. The number of para-hydroxylation sites is 2. The van der Waals surface area contributed by atoms with Gasteiger partial charge in [-0.3, -0.25) is 4.79 Å². The molecule has 4 aromatic rings. The summed E-state index contributed by atoms with van der Waals surface area (Å²) < 4.78 is 5.60. The van der Waals surface area contributed by atoms with Crippen LogP contribution < -0.4 is 5.32 Å². The van der Waals surface area contributed by atoms with Gasteiger partial charge in [0.25, 0.3) is 5.22 Å². The van der Waals surface area contributed by atoms with Crippen molar-refractivity contribution in [3.8, 4) is 0 Å². The molecule has 0 aliphatic rings. The lowest BCUT2D eigenvalue weighted by molar-refractivity contribution is -0.113. The molecule has 0 atom stereocenters. The van der Waals surface area contributed by atoms with Crippen LogP contribution in [0, 0.1) is 0 Å². The molecule has 0 spiro atoms. The highest BCUT2D eigenvalue weighted by molar-refractivity contribution is 7.99. The second-order valence-corrected chi connectivity index (χ2v) is 7.37. The minimum Gasteiger partial charge on any atom is -0.416 e. The molecule has 0 saturated carbocycles. The Morgan fingerprint density at radius 2 is 2.04 bits per heavy atom. The number of aromatic nitrogens is 4. The van der Waals surface area contributed by atoms with Gasteiger partial charge < -0.3 is 14.7 Å². The number of aromatic amines is 1. The summed E-state index contributed by atoms with van der Waals surface area (Å²) in [4.78, 5) is 19.8. The van der Waals surface area contributed by atoms with Gasteiger partial charge in [-0.05, 0) is 30.3 Å². The molecule has 0 aliphatic carbocycles. The molecule has 0 fully saturated rings. The van der Waals surface area contributed by atoms with Crippen LogP contribution in [0.4, 0.5) is 5.69 Å². The van der Waals surface area contributed by atoms with Crippen molar-refractivity contribution in [1.82, 2.24) is 20.2 Å². The number of anilines is 1. The van der Waals surface area contributed by atoms with E-state index in [4.69, 9.17) is 16.0 Å². The molecule has 28 heavy (non-hydrogen) atoms. The van der Waals surface area contributed by atoms with Gasteiger partial charge in [0.2, 0.25) is 11.8 Å². The Labute approximate surface area is 169 Å². The first-order chi connectivity index (χ1) is 13.7. The van der Waals surface area contributed by atoms with Crippen LogP contribution in [0.3, 0.4) is 0 Å². The van der Waals surface area contributed by atoms with Gasteiger partial charge in [-0.1, -0.05) is 41.6 Å². The van der Waals surface area contributed by atoms with Crippen LogP contribution in [0.2, 0.25) is 5.02 Å². The topological polar surface area (TPSA) is 96.7 Å². The number of hydrogen-bond donors (Lipinski definition) is 2. The summed E-state index contributed by atoms with van der Waals surface area (Å²) in [5, 5.41) is 11.7. The van der Waals surface area contributed by atoms with Gasteiger partial charge in [0.05, 0.1) is 16.8 Å².